The summed E-state index contributed by atoms with van der Waals surface area (Å²) in [6.07, 6.45) is 5.60. The van der Waals surface area contributed by atoms with Crippen LogP contribution in [-0.2, 0) is 33.5 Å². The van der Waals surface area contributed by atoms with Gasteiger partial charge in [-0.15, -0.1) is 0 Å². The fraction of sp³-hybridized carbons (Fsp3) is 0.649. The predicted octanol–water partition coefficient (Wildman–Crippen LogP) is 8.41. The number of carbonyl (C=O) groups excluding carboxylic acids is 1. The van der Waals surface area contributed by atoms with E-state index in [0.717, 1.165) is 63.3 Å². The maximum Gasteiger partial charge on any atom is 0.416 e. The van der Waals surface area contributed by atoms with Crippen LogP contribution < -0.4 is 16.4 Å². The Morgan fingerprint density at radius 2 is 1.73 bits per heavy atom. The van der Waals surface area contributed by atoms with Crippen LogP contribution in [0.1, 0.15) is 121 Å². The lowest BCUT2D eigenvalue weighted by molar-refractivity contribution is -0.137. The number of aliphatic imine (C=N–C) groups is 1. The number of alkyl halides is 3. The molecular formula is C37H62F3N5O3. The van der Waals surface area contributed by atoms with Gasteiger partial charge in [0.1, 0.15) is 0 Å². The molecule has 0 spiro atoms. The summed E-state index contributed by atoms with van der Waals surface area (Å²) in [7, 11) is 0. The molecule has 4 N–H and O–H groups in total. The van der Waals surface area contributed by atoms with E-state index in [-0.39, 0.29) is 12.6 Å². The van der Waals surface area contributed by atoms with E-state index in [9.17, 15) is 18.0 Å². The second-order valence-corrected chi connectivity index (χ2v) is 11.8. The Labute approximate surface area is 287 Å². The summed E-state index contributed by atoms with van der Waals surface area (Å²) in [5.41, 5.74) is 8.76. The van der Waals surface area contributed by atoms with E-state index in [1.54, 1.807) is 13.1 Å². The molecule has 2 aromatic rings. The molecule has 0 aliphatic heterocycles. The monoisotopic (exact) mass is 681 g/mol. The van der Waals surface area contributed by atoms with Gasteiger partial charge in [0, 0.05) is 43.3 Å². The molecule has 0 saturated heterocycles. The van der Waals surface area contributed by atoms with E-state index in [1.165, 1.54) is 23.6 Å². The first-order valence-corrected chi connectivity index (χ1v) is 17.4. The molecule has 0 aliphatic carbocycles. The molecule has 8 nitrogen and oxygen atoms in total. The number of nitrogens with zero attached hydrogens (tertiary/aromatic N) is 2. The minimum atomic E-state index is -4.43. The third-order valence-corrected chi connectivity index (χ3v) is 6.90. The lowest BCUT2D eigenvalue weighted by atomic mass is 10.0. The number of ether oxygens (including phenoxy) is 2. The van der Waals surface area contributed by atoms with Gasteiger partial charge in [-0.3, -0.25) is 14.8 Å². The number of halogens is 3. The van der Waals surface area contributed by atoms with E-state index < -0.39 is 23.7 Å². The Kier molecular flexibility index (Phi) is 24.5. The number of benzene rings is 1. The third kappa shape index (κ3) is 19.8. The average molecular weight is 682 g/mol. The van der Waals surface area contributed by atoms with Crippen molar-refractivity contribution in [3.8, 4) is 0 Å². The molecule has 1 amide bonds. The molecular weight excluding hydrogens is 619 g/mol. The molecule has 48 heavy (non-hydrogen) atoms. The molecule has 1 aromatic heterocycles. The van der Waals surface area contributed by atoms with E-state index in [2.05, 4.69) is 68.2 Å². The SMILES string of the molecule is CCC.CCC=Nc1ccc(C(F)(F)F)cc1C(C)NCC(N)=O.CCCOCC(C)NCC(CC)OCc1cnc(C)cc1CCC. The summed E-state index contributed by atoms with van der Waals surface area (Å²) < 4.78 is 50.1. The first-order chi connectivity index (χ1) is 22.8. The number of amides is 1. The Hall–Kier alpha value is -2.86. The number of pyridine rings is 1. The van der Waals surface area contributed by atoms with Crippen LogP contribution in [0.3, 0.4) is 0 Å². The highest BCUT2D eigenvalue weighted by Crippen LogP contribution is 2.35. The molecule has 0 radical (unpaired) electrons. The molecule has 2 rings (SSSR count). The van der Waals surface area contributed by atoms with Crippen molar-refractivity contribution in [1.29, 1.82) is 0 Å². The Morgan fingerprint density at radius 1 is 1.04 bits per heavy atom. The zero-order valence-electron chi connectivity index (χ0n) is 30.8. The summed E-state index contributed by atoms with van der Waals surface area (Å²) in [6, 6.07) is 5.42. The highest BCUT2D eigenvalue weighted by molar-refractivity contribution is 5.76. The van der Waals surface area contributed by atoms with Crippen molar-refractivity contribution in [3.63, 3.8) is 0 Å². The molecule has 0 saturated carbocycles. The van der Waals surface area contributed by atoms with Crippen molar-refractivity contribution in [3.05, 3.63) is 58.4 Å². The highest BCUT2D eigenvalue weighted by atomic mass is 19.4. The highest BCUT2D eigenvalue weighted by Gasteiger charge is 2.31. The van der Waals surface area contributed by atoms with Crippen LogP contribution >= 0.6 is 0 Å². The molecule has 0 bridgehead atoms. The van der Waals surface area contributed by atoms with E-state index in [1.807, 2.05) is 20.0 Å². The van der Waals surface area contributed by atoms with Crippen molar-refractivity contribution in [2.24, 2.45) is 10.7 Å². The van der Waals surface area contributed by atoms with Crippen LogP contribution in [-0.4, -0.2) is 55.6 Å². The normalized spacial score (nSPS) is 13.2. The number of primary amides is 1. The molecule has 3 atom stereocenters. The number of nitrogens with two attached hydrogens (primary N) is 1. The van der Waals surface area contributed by atoms with Crippen molar-refractivity contribution >= 4 is 17.8 Å². The molecule has 1 heterocycles. The largest absolute Gasteiger partial charge is 0.416 e. The number of carbonyl (C=O) groups is 1. The topological polar surface area (TPSA) is 111 Å². The maximum absolute atomic E-state index is 12.8. The van der Waals surface area contributed by atoms with E-state index in [0.29, 0.717) is 30.3 Å². The van der Waals surface area contributed by atoms with E-state index >= 15 is 0 Å². The standard InChI is InChI=1S/C20H36N2O2.C14H18F3N3O.C3H8/c1-6-9-18-11-16(4)21-12-19(18)15-24-20(8-3)13-22-17(5)14-23-10-7-2;1-3-6-19-12-5-4-10(14(15,16)17)7-11(12)9(2)20-8-13(18)21;1-3-2/h11-12,17,20,22H,6-10,13-15H2,1-5H3;4-7,9,20H,3,8H2,1-2H3,(H2,18,21);3H2,1-2H3. The van der Waals surface area contributed by atoms with Gasteiger partial charge < -0.3 is 25.8 Å². The Bertz CT molecular complexity index is 1180. The lowest BCUT2D eigenvalue weighted by Crippen LogP contribution is -2.37. The maximum atomic E-state index is 12.8. The number of rotatable bonds is 19. The van der Waals surface area contributed by atoms with Crippen LogP contribution in [0, 0.1) is 6.92 Å². The van der Waals surface area contributed by atoms with Crippen molar-refractivity contribution < 1.29 is 27.4 Å². The molecule has 0 aliphatic rings. The van der Waals surface area contributed by atoms with Crippen LogP contribution in [0.25, 0.3) is 0 Å². The first kappa shape index (κ1) is 45.1. The van der Waals surface area contributed by atoms with E-state index in [4.69, 9.17) is 15.2 Å². The van der Waals surface area contributed by atoms with Crippen LogP contribution in [0.15, 0.2) is 35.5 Å². The lowest BCUT2D eigenvalue weighted by Gasteiger charge is -2.21. The molecule has 0 fully saturated rings. The fourth-order valence-corrected chi connectivity index (χ4v) is 4.35. The zero-order valence-corrected chi connectivity index (χ0v) is 30.8. The number of aryl methyl sites for hydroxylation is 2. The molecule has 274 valence electrons. The van der Waals surface area contributed by atoms with Gasteiger partial charge in [-0.2, -0.15) is 13.2 Å². The first-order valence-electron chi connectivity index (χ1n) is 17.4. The predicted molar refractivity (Wildman–Crippen MR) is 192 cm³/mol. The Balaban J connectivity index is 0.000000856. The van der Waals surface area contributed by atoms with Crippen molar-refractivity contribution in [2.45, 2.75) is 132 Å². The number of hydrogen-bond donors (Lipinski definition) is 3. The third-order valence-electron chi connectivity index (χ3n) is 6.90. The van der Waals surface area contributed by atoms with Gasteiger partial charge in [0.25, 0.3) is 0 Å². The number of hydrogen-bond acceptors (Lipinski definition) is 7. The quantitative estimate of drug-likeness (QED) is 0.101. The second kappa shape index (κ2) is 26.1. The van der Waals surface area contributed by atoms with Gasteiger partial charge in [-0.1, -0.05) is 54.4 Å². The van der Waals surface area contributed by atoms with Crippen LogP contribution in [0.2, 0.25) is 0 Å². The molecule has 3 unspecified atom stereocenters. The summed E-state index contributed by atoms with van der Waals surface area (Å²) in [4.78, 5) is 19.3. The zero-order chi connectivity index (χ0) is 36.5. The van der Waals surface area contributed by atoms with Gasteiger partial charge >= 0.3 is 6.18 Å². The number of aromatic nitrogens is 1. The van der Waals surface area contributed by atoms with Gasteiger partial charge in [-0.25, -0.2) is 0 Å². The van der Waals surface area contributed by atoms with Crippen LogP contribution in [0.4, 0.5) is 18.9 Å². The minimum Gasteiger partial charge on any atom is -0.380 e. The second-order valence-electron chi connectivity index (χ2n) is 11.8. The van der Waals surface area contributed by atoms with Crippen molar-refractivity contribution in [2.75, 3.05) is 26.3 Å². The summed E-state index contributed by atoms with van der Waals surface area (Å²) >= 11 is 0. The van der Waals surface area contributed by atoms with Crippen LogP contribution in [0.5, 0.6) is 0 Å². The number of nitrogens with one attached hydrogen (secondary N) is 2. The minimum absolute atomic E-state index is 0.117. The summed E-state index contributed by atoms with van der Waals surface area (Å²) in [5.74, 6) is -0.576. The average Bonchev–Trinajstić information content (AvgIpc) is 3.04. The smallest absolute Gasteiger partial charge is 0.380 e. The Morgan fingerprint density at radius 3 is 2.29 bits per heavy atom. The summed E-state index contributed by atoms with van der Waals surface area (Å²) in [5, 5.41) is 6.29. The van der Waals surface area contributed by atoms with Gasteiger partial charge in [-0.05, 0) is 87.4 Å². The van der Waals surface area contributed by atoms with Gasteiger partial charge in [0.15, 0.2) is 0 Å². The van der Waals surface area contributed by atoms with Gasteiger partial charge in [0.2, 0.25) is 5.91 Å². The summed E-state index contributed by atoms with van der Waals surface area (Å²) in [6.45, 7) is 21.5. The van der Waals surface area contributed by atoms with Gasteiger partial charge in [0.05, 0.1) is 37.1 Å². The van der Waals surface area contributed by atoms with Crippen molar-refractivity contribution in [1.82, 2.24) is 15.6 Å². The fourth-order valence-electron chi connectivity index (χ4n) is 4.35. The molecule has 1 aromatic carbocycles. The molecule has 11 heteroatoms.